The van der Waals surface area contributed by atoms with E-state index in [9.17, 15) is 4.79 Å². The van der Waals surface area contributed by atoms with Gasteiger partial charge in [-0.25, -0.2) is 0 Å². The molecule has 3 atom stereocenters. The van der Waals surface area contributed by atoms with Crippen molar-refractivity contribution in [1.29, 1.82) is 0 Å². The lowest BCUT2D eigenvalue weighted by atomic mass is 9.94. The van der Waals surface area contributed by atoms with Gasteiger partial charge in [0.25, 0.3) is 0 Å². The van der Waals surface area contributed by atoms with Gasteiger partial charge in [0.1, 0.15) is 5.75 Å². The monoisotopic (exact) mass is 282 g/mol. The molecule has 3 unspecified atom stereocenters. The smallest absolute Gasteiger partial charge is 0.308 e. The number of hydrogen-bond acceptors (Lipinski definition) is 3. The highest BCUT2D eigenvalue weighted by atomic mass is 35.5. The molecular formula is C15H19ClO3. The highest BCUT2D eigenvalue weighted by Gasteiger charge is 2.44. The fourth-order valence-corrected chi connectivity index (χ4v) is 2.92. The Labute approximate surface area is 118 Å². The van der Waals surface area contributed by atoms with Crippen molar-refractivity contribution < 1.29 is 14.3 Å². The molecule has 0 N–H and O–H groups in total. The van der Waals surface area contributed by atoms with E-state index in [2.05, 4.69) is 6.92 Å². The number of esters is 1. The molecule has 4 heteroatoms. The molecule has 3 nitrogen and oxygen atoms in total. The zero-order valence-electron chi connectivity index (χ0n) is 11.5. The van der Waals surface area contributed by atoms with Crippen LogP contribution in [-0.2, 0) is 9.53 Å². The summed E-state index contributed by atoms with van der Waals surface area (Å²) in [5.74, 6) is 1.53. The van der Waals surface area contributed by atoms with Gasteiger partial charge in [-0.1, -0.05) is 24.6 Å². The minimum absolute atomic E-state index is 0.0852. The maximum atomic E-state index is 11.4. The zero-order chi connectivity index (χ0) is 14.0. The van der Waals surface area contributed by atoms with Crippen LogP contribution in [0.25, 0.3) is 0 Å². The van der Waals surface area contributed by atoms with Gasteiger partial charge in [0, 0.05) is 5.02 Å². The lowest BCUT2D eigenvalue weighted by molar-refractivity contribution is -0.142. The predicted octanol–water partition coefficient (Wildman–Crippen LogP) is 3.65. The molecule has 19 heavy (non-hydrogen) atoms. The molecule has 2 rings (SSSR count). The Morgan fingerprint density at radius 2 is 2.21 bits per heavy atom. The van der Waals surface area contributed by atoms with Crippen molar-refractivity contribution in [2.45, 2.75) is 25.7 Å². The van der Waals surface area contributed by atoms with Crippen molar-refractivity contribution in [3.63, 3.8) is 0 Å². The number of rotatable bonds is 5. The lowest BCUT2D eigenvalue weighted by Crippen LogP contribution is -2.06. The van der Waals surface area contributed by atoms with Gasteiger partial charge in [-0.2, -0.15) is 0 Å². The Kier molecular flexibility index (Phi) is 4.35. The third-order valence-corrected chi connectivity index (χ3v) is 4.15. The van der Waals surface area contributed by atoms with Crippen molar-refractivity contribution in [2.75, 3.05) is 14.2 Å². The average Bonchev–Trinajstić information content (AvgIpc) is 3.16. The molecule has 1 aliphatic carbocycles. The number of benzene rings is 1. The van der Waals surface area contributed by atoms with Crippen LogP contribution in [0.4, 0.5) is 0 Å². The summed E-state index contributed by atoms with van der Waals surface area (Å²) in [6.45, 7) is 2.14. The van der Waals surface area contributed by atoms with Gasteiger partial charge >= 0.3 is 5.97 Å². The van der Waals surface area contributed by atoms with E-state index in [1.807, 2.05) is 18.2 Å². The van der Waals surface area contributed by atoms with E-state index in [1.54, 1.807) is 7.11 Å². The van der Waals surface area contributed by atoms with Crippen LogP contribution < -0.4 is 4.74 Å². The van der Waals surface area contributed by atoms with E-state index in [0.29, 0.717) is 11.8 Å². The summed E-state index contributed by atoms with van der Waals surface area (Å²) < 4.78 is 9.90. The van der Waals surface area contributed by atoms with Crippen molar-refractivity contribution in [3.8, 4) is 5.75 Å². The number of halogens is 1. The predicted molar refractivity (Wildman–Crippen MR) is 74.6 cm³/mol. The average molecular weight is 283 g/mol. The van der Waals surface area contributed by atoms with E-state index in [-0.39, 0.29) is 11.9 Å². The summed E-state index contributed by atoms with van der Waals surface area (Å²) in [6, 6.07) is 5.75. The van der Waals surface area contributed by atoms with Crippen molar-refractivity contribution in [2.24, 2.45) is 11.8 Å². The number of carbonyl (C=O) groups is 1. The SMILES string of the molecule is COC(=O)C1CC1CC(C)c1ccc(OC)cc1Cl. The van der Waals surface area contributed by atoms with Gasteiger partial charge in [0.15, 0.2) is 0 Å². The summed E-state index contributed by atoms with van der Waals surface area (Å²) in [5, 5.41) is 0.724. The van der Waals surface area contributed by atoms with Crippen LogP contribution in [0.2, 0.25) is 5.02 Å². The second kappa shape index (κ2) is 5.83. The number of hydrogen-bond donors (Lipinski definition) is 0. The summed E-state index contributed by atoms with van der Waals surface area (Å²) >= 11 is 6.26. The molecule has 0 bridgehead atoms. The van der Waals surface area contributed by atoms with E-state index in [0.717, 1.165) is 29.2 Å². The third-order valence-electron chi connectivity index (χ3n) is 3.82. The molecule has 1 fully saturated rings. The molecule has 0 radical (unpaired) electrons. The number of methoxy groups -OCH3 is 2. The van der Waals surface area contributed by atoms with Gasteiger partial charge in [0.05, 0.1) is 20.1 Å². The second-order valence-corrected chi connectivity index (χ2v) is 5.56. The first-order valence-corrected chi connectivity index (χ1v) is 6.85. The first kappa shape index (κ1) is 14.2. The molecule has 1 saturated carbocycles. The van der Waals surface area contributed by atoms with Crippen LogP contribution in [-0.4, -0.2) is 20.2 Å². The Morgan fingerprint density at radius 3 is 2.79 bits per heavy atom. The Morgan fingerprint density at radius 1 is 1.47 bits per heavy atom. The molecule has 1 aromatic carbocycles. The van der Waals surface area contributed by atoms with E-state index >= 15 is 0 Å². The molecule has 1 aliphatic rings. The van der Waals surface area contributed by atoms with Gasteiger partial charge in [-0.3, -0.25) is 4.79 Å². The largest absolute Gasteiger partial charge is 0.497 e. The molecule has 0 aromatic heterocycles. The van der Waals surface area contributed by atoms with E-state index < -0.39 is 0 Å². The Hall–Kier alpha value is -1.22. The summed E-state index contributed by atoms with van der Waals surface area (Å²) in [6.07, 6.45) is 1.90. The fourth-order valence-electron chi connectivity index (χ4n) is 2.56. The Balaban J connectivity index is 1.97. The molecule has 1 aromatic rings. The van der Waals surface area contributed by atoms with Crippen LogP contribution in [0.1, 0.15) is 31.2 Å². The quantitative estimate of drug-likeness (QED) is 0.773. The van der Waals surface area contributed by atoms with Gasteiger partial charge in [0.2, 0.25) is 0 Å². The number of carbonyl (C=O) groups excluding carboxylic acids is 1. The van der Waals surface area contributed by atoms with Gasteiger partial charge in [-0.05, 0) is 42.4 Å². The normalized spacial score (nSPS) is 22.7. The first-order chi connectivity index (χ1) is 9.06. The van der Waals surface area contributed by atoms with Crippen LogP contribution in [0.3, 0.4) is 0 Å². The summed E-state index contributed by atoms with van der Waals surface area (Å²) in [5.41, 5.74) is 1.11. The summed E-state index contributed by atoms with van der Waals surface area (Å²) in [7, 11) is 3.07. The van der Waals surface area contributed by atoms with E-state index in [1.165, 1.54) is 7.11 Å². The lowest BCUT2D eigenvalue weighted by Gasteiger charge is -2.14. The minimum Gasteiger partial charge on any atom is -0.497 e. The highest BCUT2D eigenvalue weighted by Crippen LogP contribution is 2.46. The van der Waals surface area contributed by atoms with Crippen molar-refractivity contribution >= 4 is 17.6 Å². The topological polar surface area (TPSA) is 35.5 Å². The van der Waals surface area contributed by atoms with Gasteiger partial charge < -0.3 is 9.47 Å². The Bertz CT molecular complexity index is 472. The molecule has 104 valence electrons. The molecule has 0 aliphatic heterocycles. The molecule has 0 spiro atoms. The fraction of sp³-hybridized carbons (Fsp3) is 0.533. The maximum absolute atomic E-state index is 11.4. The standard InChI is InChI=1S/C15H19ClO3/c1-9(6-10-7-13(10)15(17)19-3)12-5-4-11(18-2)8-14(12)16/h4-5,8-10,13H,6-7H2,1-3H3. The van der Waals surface area contributed by atoms with Crippen LogP contribution in [0.15, 0.2) is 18.2 Å². The molecule has 0 saturated heterocycles. The van der Waals surface area contributed by atoms with Crippen LogP contribution in [0, 0.1) is 11.8 Å². The zero-order valence-corrected chi connectivity index (χ0v) is 12.2. The van der Waals surface area contributed by atoms with Crippen LogP contribution >= 0.6 is 11.6 Å². The first-order valence-electron chi connectivity index (χ1n) is 6.48. The maximum Gasteiger partial charge on any atom is 0.308 e. The molecular weight excluding hydrogens is 264 g/mol. The third kappa shape index (κ3) is 3.21. The minimum atomic E-state index is -0.0852. The molecule has 0 amide bonds. The second-order valence-electron chi connectivity index (χ2n) is 5.15. The van der Waals surface area contributed by atoms with Crippen LogP contribution in [0.5, 0.6) is 5.75 Å². The van der Waals surface area contributed by atoms with E-state index in [4.69, 9.17) is 21.1 Å². The summed E-state index contributed by atoms with van der Waals surface area (Å²) in [4.78, 5) is 11.4. The number of ether oxygens (including phenoxy) is 2. The molecule has 0 heterocycles. The van der Waals surface area contributed by atoms with Crippen molar-refractivity contribution in [3.05, 3.63) is 28.8 Å². The van der Waals surface area contributed by atoms with Gasteiger partial charge in [-0.15, -0.1) is 0 Å². The highest BCUT2D eigenvalue weighted by molar-refractivity contribution is 6.31. The van der Waals surface area contributed by atoms with Crippen molar-refractivity contribution in [1.82, 2.24) is 0 Å².